The fourth-order valence-electron chi connectivity index (χ4n) is 1.40. The van der Waals surface area contributed by atoms with Crippen molar-refractivity contribution in [3.8, 4) is 0 Å². The Balaban J connectivity index is 2.29. The van der Waals surface area contributed by atoms with Crippen molar-refractivity contribution < 1.29 is 9.84 Å². The van der Waals surface area contributed by atoms with Gasteiger partial charge in [-0.05, 0) is 58.7 Å². The molecule has 0 aromatic rings. The molecule has 1 aliphatic heterocycles. The lowest BCUT2D eigenvalue weighted by atomic mass is 10.2. The Morgan fingerprint density at radius 3 is 2.75 bits per heavy atom. The minimum atomic E-state index is -0.207. The van der Waals surface area contributed by atoms with Gasteiger partial charge in [0, 0.05) is 6.54 Å². The van der Waals surface area contributed by atoms with Crippen molar-refractivity contribution in [3.05, 3.63) is 0 Å². The van der Waals surface area contributed by atoms with Crippen molar-refractivity contribution in [1.82, 2.24) is 4.90 Å². The number of rotatable bonds is 3. The van der Waals surface area contributed by atoms with Crippen molar-refractivity contribution in [1.29, 1.82) is 0 Å². The summed E-state index contributed by atoms with van der Waals surface area (Å²) in [6.45, 7) is 1.61. The second-order valence-corrected chi connectivity index (χ2v) is 7.64. The molecule has 5 heteroatoms. The van der Waals surface area contributed by atoms with E-state index >= 15 is 0 Å². The van der Waals surface area contributed by atoms with E-state index in [2.05, 4.69) is 50.1 Å². The fraction of sp³-hybridized carbons (Fsp3) is 1.00. The number of halogens is 2. The minimum absolute atomic E-state index is 0.192. The third-order valence-corrected chi connectivity index (χ3v) is 2.90. The smallest absolute Gasteiger partial charge is 0.159 e. The van der Waals surface area contributed by atoms with E-state index in [-0.39, 0.29) is 14.3 Å². The Morgan fingerprint density at radius 1 is 1.67 bits per heavy atom. The topological polar surface area (TPSA) is 32.7 Å². The Morgan fingerprint density at radius 2 is 2.33 bits per heavy atom. The van der Waals surface area contributed by atoms with Gasteiger partial charge in [-0.1, -0.05) is 0 Å². The van der Waals surface area contributed by atoms with Crippen LogP contribution in [0.3, 0.4) is 0 Å². The summed E-state index contributed by atoms with van der Waals surface area (Å²) in [5.74, 6) is 0. The normalized spacial score (nSPS) is 31.8. The predicted molar refractivity (Wildman–Crippen MR) is 64.8 cm³/mol. The first-order chi connectivity index (χ1) is 5.61. The average Bonchev–Trinajstić information content (AvgIpc) is 2.28. The van der Waals surface area contributed by atoms with E-state index in [0.29, 0.717) is 6.61 Å². The highest BCUT2D eigenvalue weighted by molar-refractivity contribution is 14.2. The number of hydrogen-bond acceptors (Lipinski definition) is 3. The lowest BCUT2D eigenvalue weighted by molar-refractivity contribution is 0.0542. The Bertz CT molecular complexity index is 135. The number of ether oxygens (including phenoxy) is 1. The maximum Gasteiger partial charge on any atom is 0.159 e. The zero-order valence-corrected chi connectivity index (χ0v) is 11.2. The van der Waals surface area contributed by atoms with Gasteiger partial charge in [0.1, 0.15) is 0 Å². The van der Waals surface area contributed by atoms with Crippen molar-refractivity contribution in [2.24, 2.45) is 0 Å². The fourth-order valence-corrected chi connectivity index (χ4v) is 1.81. The maximum atomic E-state index is 9.55. The van der Waals surface area contributed by atoms with Gasteiger partial charge in [0.05, 0.1) is 18.8 Å². The number of aliphatic hydroxyl groups excluding tert-OH is 1. The molecule has 0 aromatic heterocycles. The molecule has 1 N–H and O–H groups in total. The van der Waals surface area contributed by atoms with Gasteiger partial charge in [-0.25, -0.2) is 0 Å². The van der Waals surface area contributed by atoms with Crippen LogP contribution in [-0.4, -0.2) is 44.5 Å². The van der Waals surface area contributed by atoms with Gasteiger partial charge >= 0.3 is 0 Å². The van der Waals surface area contributed by atoms with Crippen LogP contribution in [0.5, 0.6) is 0 Å². The minimum Gasteiger partial charge on any atom is -0.391 e. The molecule has 0 amide bonds. The molecule has 1 rings (SSSR count). The van der Waals surface area contributed by atoms with Gasteiger partial charge < -0.3 is 9.84 Å². The van der Waals surface area contributed by atoms with Crippen LogP contribution in [0.2, 0.25) is 0 Å². The molecule has 0 radical (unpaired) electrons. The number of likely N-dealkylation sites (N-methyl/N-ethyl adjacent to an activating group) is 1. The van der Waals surface area contributed by atoms with E-state index in [9.17, 15) is 5.11 Å². The van der Waals surface area contributed by atoms with Gasteiger partial charge in [-0.15, -0.1) is 0 Å². The van der Waals surface area contributed by atoms with E-state index in [4.69, 9.17) is 4.74 Å². The Kier molecular flexibility index (Phi) is 5.02. The molecule has 12 heavy (non-hydrogen) atoms. The lowest BCUT2D eigenvalue weighted by Gasteiger charge is -2.22. The van der Waals surface area contributed by atoms with Gasteiger partial charge in [0.15, 0.2) is 2.12 Å². The molecule has 0 aromatic carbocycles. The molecule has 0 bridgehead atoms. The highest BCUT2D eigenvalue weighted by atomic mass is 127. The summed E-state index contributed by atoms with van der Waals surface area (Å²) in [6.07, 6.45) is 0.666. The second-order valence-electron chi connectivity index (χ2n) is 3.00. The number of aliphatic hydroxyl groups is 1. The molecular formula is C7H13I2NO2. The van der Waals surface area contributed by atoms with Crippen LogP contribution < -0.4 is 0 Å². The molecule has 2 atom stereocenters. The molecule has 1 saturated heterocycles. The predicted octanol–water partition coefficient (Wildman–Crippen LogP) is 1.22. The van der Waals surface area contributed by atoms with Crippen molar-refractivity contribution in [3.63, 3.8) is 0 Å². The third-order valence-electron chi connectivity index (χ3n) is 2.18. The highest BCUT2D eigenvalue weighted by Gasteiger charge is 2.30. The van der Waals surface area contributed by atoms with Gasteiger partial charge in [0.25, 0.3) is 0 Å². The van der Waals surface area contributed by atoms with Crippen molar-refractivity contribution >= 4 is 45.2 Å². The number of nitrogens with zero attached hydrogens (tertiary/aromatic N) is 1. The van der Waals surface area contributed by atoms with E-state index in [1.165, 1.54) is 0 Å². The van der Waals surface area contributed by atoms with Crippen LogP contribution in [0.4, 0.5) is 0 Å². The van der Waals surface area contributed by atoms with Crippen LogP contribution in [0.1, 0.15) is 6.42 Å². The lowest BCUT2D eigenvalue weighted by Crippen LogP contribution is -2.36. The van der Waals surface area contributed by atoms with E-state index in [0.717, 1.165) is 13.0 Å². The zero-order chi connectivity index (χ0) is 9.14. The molecule has 3 nitrogen and oxygen atoms in total. The van der Waals surface area contributed by atoms with E-state index in [1.54, 1.807) is 0 Å². The summed E-state index contributed by atoms with van der Waals surface area (Å²) < 4.78 is 5.63. The molecule has 0 unspecified atom stereocenters. The molecule has 1 fully saturated rings. The molecular weight excluding hydrogens is 384 g/mol. The Labute approximate surface area is 100 Å². The molecule has 0 saturated carbocycles. The van der Waals surface area contributed by atoms with Crippen LogP contribution in [0, 0.1) is 0 Å². The SMILES string of the molecule is CN1CC[C@H](O)[C@H]1COC(I)I. The Hall–Kier alpha value is 1.34. The molecule has 0 aliphatic carbocycles. The van der Waals surface area contributed by atoms with Crippen molar-refractivity contribution in [2.75, 3.05) is 20.2 Å². The quantitative estimate of drug-likeness (QED) is 0.575. The first-order valence-electron chi connectivity index (χ1n) is 3.89. The molecule has 72 valence electrons. The van der Waals surface area contributed by atoms with Crippen LogP contribution in [-0.2, 0) is 4.74 Å². The largest absolute Gasteiger partial charge is 0.391 e. The standard InChI is InChI=1S/C7H13I2NO2/c1-10-3-2-6(11)5(10)4-12-7(8)9/h5-7,11H,2-4H2,1H3/t5-,6+/m1/s1. The molecule has 0 spiro atoms. The average molecular weight is 397 g/mol. The van der Waals surface area contributed by atoms with Crippen molar-refractivity contribution in [2.45, 2.75) is 20.7 Å². The molecule has 1 aliphatic rings. The number of alkyl halides is 2. The highest BCUT2D eigenvalue weighted by Crippen LogP contribution is 2.19. The summed E-state index contributed by atoms with van der Waals surface area (Å²) in [4.78, 5) is 2.15. The first-order valence-corrected chi connectivity index (χ1v) is 6.38. The van der Waals surface area contributed by atoms with Gasteiger partial charge in [0.2, 0.25) is 0 Å². The van der Waals surface area contributed by atoms with Crippen LogP contribution >= 0.6 is 45.2 Å². The zero-order valence-electron chi connectivity index (χ0n) is 6.91. The summed E-state index contributed by atoms with van der Waals surface area (Å²) in [5, 5.41) is 9.55. The number of likely N-dealkylation sites (tertiary alicyclic amines) is 1. The van der Waals surface area contributed by atoms with E-state index < -0.39 is 0 Å². The summed E-state index contributed by atoms with van der Waals surface area (Å²) >= 11 is 4.41. The second kappa shape index (κ2) is 5.28. The summed E-state index contributed by atoms with van der Waals surface area (Å²) in [7, 11) is 2.03. The maximum absolute atomic E-state index is 9.55. The van der Waals surface area contributed by atoms with Crippen LogP contribution in [0.15, 0.2) is 0 Å². The molecule has 1 heterocycles. The number of hydrogen-bond donors (Lipinski definition) is 1. The summed E-state index contributed by atoms with van der Waals surface area (Å²) in [6, 6.07) is 0.192. The first kappa shape index (κ1) is 11.4. The third kappa shape index (κ3) is 3.24. The van der Waals surface area contributed by atoms with Crippen LogP contribution in [0.25, 0.3) is 0 Å². The van der Waals surface area contributed by atoms with Gasteiger partial charge in [-0.2, -0.15) is 0 Å². The monoisotopic (exact) mass is 397 g/mol. The van der Waals surface area contributed by atoms with Gasteiger partial charge in [-0.3, -0.25) is 4.90 Å². The van der Waals surface area contributed by atoms with E-state index in [1.807, 2.05) is 7.05 Å². The summed E-state index contributed by atoms with van der Waals surface area (Å²) in [5.41, 5.74) is 0.